The minimum Gasteiger partial charge on any atom is -0.477 e. The monoisotopic (exact) mass is 361 g/mol. The molecule has 2 aromatic rings. The van der Waals surface area contributed by atoms with E-state index in [-0.39, 0.29) is 16.5 Å². The van der Waals surface area contributed by atoms with Gasteiger partial charge in [-0.05, 0) is 30.3 Å². The lowest BCUT2D eigenvalue weighted by atomic mass is 10.4. The van der Waals surface area contributed by atoms with Gasteiger partial charge in [0, 0.05) is 9.92 Å². The van der Waals surface area contributed by atoms with Crippen LogP contribution in [0.5, 0.6) is 0 Å². The molecule has 1 aromatic carbocycles. The van der Waals surface area contributed by atoms with Crippen LogP contribution in [-0.4, -0.2) is 22.7 Å². The van der Waals surface area contributed by atoms with E-state index in [1.54, 1.807) is 24.3 Å². The van der Waals surface area contributed by atoms with Gasteiger partial charge in [-0.25, -0.2) is 4.79 Å². The largest absolute Gasteiger partial charge is 0.477 e. The summed E-state index contributed by atoms with van der Waals surface area (Å²) >= 11 is 14.1. The van der Waals surface area contributed by atoms with Crippen molar-refractivity contribution in [3.8, 4) is 0 Å². The molecule has 1 amide bonds. The average molecular weight is 362 g/mol. The van der Waals surface area contributed by atoms with Crippen molar-refractivity contribution in [2.45, 2.75) is 4.90 Å². The number of carbonyl (C=O) groups is 2. The number of benzene rings is 1. The van der Waals surface area contributed by atoms with Gasteiger partial charge in [-0.1, -0.05) is 23.2 Å². The molecule has 2 N–H and O–H groups in total. The van der Waals surface area contributed by atoms with Crippen LogP contribution in [0, 0.1) is 0 Å². The van der Waals surface area contributed by atoms with Crippen molar-refractivity contribution < 1.29 is 14.7 Å². The Morgan fingerprint density at radius 2 is 2.00 bits per heavy atom. The molecule has 0 radical (unpaired) electrons. The Morgan fingerprint density at radius 1 is 1.24 bits per heavy atom. The van der Waals surface area contributed by atoms with Gasteiger partial charge in [-0.15, -0.1) is 23.1 Å². The van der Waals surface area contributed by atoms with Crippen LogP contribution in [0.1, 0.15) is 9.67 Å². The Balaban J connectivity index is 1.92. The number of rotatable bonds is 5. The normalized spacial score (nSPS) is 10.4. The van der Waals surface area contributed by atoms with Crippen LogP contribution in [0.4, 0.5) is 5.00 Å². The minimum atomic E-state index is -1.01. The molecular weight excluding hydrogens is 353 g/mol. The van der Waals surface area contributed by atoms with E-state index in [1.165, 1.54) is 17.8 Å². The Kier molecular flexibility index (Phi) is 5.52. The van der Waals surface area contributed by atoms with Gasteiger partial charge < -0.3 is 10.4 Å². The number of aromatic carboxylic acids is 1. The van der Waals surface area contributed by atoms with E-state index >= 15 is 0 Å². The third-order valence-corrected chi connectivity index (χ3v) is 5.05. The number of carboxylic acids is 1. The summed E-state index contributed by atoms with van der Waals surface area (Å²) in [7, 11) is 0. The Hall–Kier alpha value is -1.21. The van der Waals surface area contributed by atoms with Crippen molar-refractivity contribution in [2.24, 2.45) is 0 Å². The summed E-state index contributed by atoms with van der Waals surface area (Å²) in [5, 5.41) is 13.0. The van der Waals surface area contributed by atoms with E-state index in [4.69, 9.17) is 28.3 Å². The lowest BCUT2D eigenvalue weighted by Gasteiger charge is -2.05. The van der Waals surface area contributed by atoms with Gasteiger partial charge in [0.2, 0.25) is 5.91 Å². The molecule has 0 aliphatic carbocycles. The Labute approximate surface area is 139 Å². The lowest BCUT2D eigenvalue weighted by Crippen LogP contribution is -2.12. The van der Waals surface area contributed by atoms with Gasteiger partial charge in [-0.2, -0.15) is 0 Å². The van der Waals surface area contributed by atoms with Gasteiger partial charge in [0.1, 0.15) is 4.88 Å². The predicted octanol–water partition coefficient (Wildman–Crippen LogP) is 4.48. The van der Waals surface area contributed by atoms with E-state index in [1.807, 2.05) is 0 Å². The molecule has 1 aromatic heterocycles. The molecule has 0 saturated carbocycles. The standard InChI is InChI=1S/C13H9Cl2NO3S2/c14-7-1-2-8(15)10(5-7)20-6-11(17)16-12-4-3-9(21-12)13(18)19/h1-5H,6H2,(H,16,17)(H,18,19). The van der Waals surface area contributed by atoms with Crippen LogP contribution in [0.3, 0.4) is 0 Å². The third kappa shape index (κ3) is 4.64. The van der Waals surface area contributed by atoms with Crippen molar-refractivity contribution >= 4 is 63.2 Å². The number of carboxylic acid groups (broad SMARTS) is 1. The van der Waals surface area contributed by atoms with Crippen molar-refractivity contribution in [1.82, 2.24) is 0 Å². The zero-order valence-electron chi connectivity index (χ0n) is 10.4. The molecule has 0 saturated heterocycles. The number of carbonyl (C=O) groups excluding carboxylic acids is 1. The number of anilines is 1. The van der Waals surface area contributed by atoms with Gasteiger partial charge in [0.15, 0.2) is 0 Å². The maximum atomic E-state index is 11.8. The number of amides is 1. The fourth-order valence-corrected chi connectivity index (χ4v) is 3.48. The second-order valence-corrected chi connectivity index (χ2v) is 6.83. The summed E-state index contributed by atoms with van der Waals surface area (Å²) < 4.78 is 0. The molecule has 2 rings (SSSR count). The van der Waals surface area contributed by atoms with Crippen LogP contribution >= 0.6 is 46.3 Å². The lowest BCUT2D eigenvalue weighted by molar-refractivity contribution is -0.113. The maximum absolute atomic E-state index is 11.8. The topological polar surface area (TPSA) is 66.4 Å². The Morgan fingerprint density at radius 3 is 2.67 bits per heavy atom. The molecule has 21 heavy (non-hydrogen) atoms. The number of hydrogen-bond donors (Lipinski definition) is 2. The van der Waals surface area contributed by atoms with Gasteiger partial charge in [-0.3, -0.25) is 4.79 Å². The highest BCUT2D eigenvalue weighted by atomic mass is 35.5. The van der Waals surface area contributed by atoms with E-state index < -0.39 is 5.97 Å². The van der Waals surface area contributed by atoms with Gasteiger partial charge >= 0.3 is 5.97 Å². The smallest absolute Gasteiger partial charge is 0.345 e. The number of halogens is 2. The van der Waals surface area contributed by atoms with Crippen LogP contribution in [0.2, 0.25) is 10.0 Å². The van der Waals surface area contributed by atoms with Crippen LogP contribution < -0.4 is 5.32 Å². The van der Waals surface area contributed by atoms with Crippen molar-refractivity contribution in [1.29, 1.82) is 0 Å². The highest BCUT2D eigenvalue weighted by molar-refractivity contribution is 8.00. The van der Waals surface area contributed by atoms with E-state index in [9.17, 15) is 9.59 Å². The predicted molar refractivity (Wildman–Crippen MR) is 87.1 cm³/mol. The highest BCUT2D eigenvalue weighted by Crippen LogP contribution is 2.30. The first-order valence-corrected chi connectivity index (χ1v) is 8.22. The van der Waals surface area contributed by atoms with E-state index in [0.29, 0.717) is 15.0 Å². The van der Waals surface area contributed by atoms with E-state index in [2.05, 4.69) is 5.32 Å². The maximum Gasteiger partial charge on any atom is 0.345 e. The highest BCUT2D eigenvalue weighted by Gasteiger charge is 2.10. The number of nitrogens with one attached hydrogen (secondary N) is 1. The SMILES string of the molecule is O=C(CSc1cc(Cl)ccc1Cl)Nc1ccc(C(=O)O)s1. The minimum absolute atomic E-state index is 0.153. The van der Waals surface area contributed by atoms with Gasteiger partial charge in [0.25, 0.3) is 0 Å². The van der Waals surface area contributed by atoms with E-state index in [0.717, 1.165) is 16.2 Å². The molecule has 0 atom stereocenters. The number of hydrogen-bond acceptors (Lipinski definition) is 4. The second-order valence-electron chi connectivity index (χ2n) is 3.88. The van der Waals surface area contributed by atoms with Crippen molar-refractivity contribution in [2.75, 3.05) is 11.1 Å². The molecular formula is C13H9Cl2NO3S2. The molecule has 0 spiro atoms. The molecule has 0 bridgehead atoms. The van der Waals surface area contributed by atoms with Crippen LogP contribution in [0.25, 0.3) is 0 Å². The summed E-state index contributed by atoms with van der Waals surface area (Å²) in [4.78, 5) is 23.5. The molecule has 8 heteroatoms. The molecule has 4 nitrogen and oxygen atoms in total. The first-order chi connectivity index (χ1) is 9.95. The third-order valence-electron chi connectivity index (χ3n) is 2.33. The van der Waals surface area contributed by atoms with Crippen molar-refractivity contribution in [3.63, 3.8) is 0 Å². The number of thiophene rings is 1. The second kappa shape index (κ2) is 7.17. The molecule has 0 unspecified atom stereocenters. The van der Waals surface area contributed by atoms with Crippen LogP contribution in [0.15, 0.2) is 35.2 Å². The molecule has 0 aliphatic heterocycles. The summed E-state index contributed by atoms with van der Waals surface area (Å²) in [6, 6.07) is 8.04. The van der Waals surface area contributed by atoms with Crippen molar-refractivity contribution in [3.05, 3.63) is 45.3 Å². The molecule has 110 valence electrons. The molecule has 0 aliphatic rings. The zero-order chi connectivity index (χ0) is 15.4. The van der Waals surface area contributed by atoms with Gasteiger partial charge in [0.05, 0.1) is 15.8 Å². The Bertz CT molecular complexity index is 688. The first-order valence-electron chi connectivity index (χ1n) is 5.66. The number of thioether (sulfide) groups is 1. The summed E-state index contributed by atoms with van der Waals surface area (Å²) in [6.45, 7) is 0. The average Bonchev–Trinajstić information content (AvgIpc) is 2.88. The quantitative estimate of drug-likeness (QED) is 0.770. The summed E-state index contributed by atoms with van der Waals surface area (Å²) in [5.41, 5.74) is 0. The summed E-state index contributed by atoms with van der Waals surface area (Å²) in [5.74, 6) is -1.10. The fourth-order valence-electron chi connectivity index (χ4n) is 1.42. The molecule has 1 heterocycles. The first kappa shape index (κ1) is 16.2. The van der Waals surface area contributed by atoms with Crippen LogP contribution in [-0.2, 0) is 4.79 Å². The summed E-state index contributed by atoms with van der Waals surface area (Å²) in [6.07, 6.45) is 0. The fraction of sp³-hybridized carbons (Fsp3) is 0.0769. The molecule has 0 fully saturated rings. The zero-order valence-corrected chi connectivity index (χ0v) is 13.6.